The van der Waals surface area contributed by atoms with Crippen molar-refractivity contribution in [2.45, 2.75) is 78.1 Å². The van der Waals surface area contributed by atoms with Gasteiger partial charge in [-0.15, -0.1) is 0 Å². The van der Waals surface area contributed by atoms with Crippen LogP contribution in [-0.4, -0.2) is 0 Å². The summed E-state index contributed by atoms with van der Waals surface area (Å²) >= 11 is 0. The molecule has 0 aliphatic carbocycles. The summed E-state index contributed by atoms with van der Waals surface area (Å²) in [6.45, 7) is 4.53. The maximum Gasteiger partial charge on any atom is 0.166 e. The van der Waals surface area contributed by atoms with Crippen molar-refractivity contribution in [3.05, 3.63) is 83.9 Å². The standard InChI is InChI=1S/C31H38F2/c1-3-4-5-6-7-9-13-24(2)14-12-17-28-22-23-29(31(33)30(28)32)27-20-18-26(19-21-27)25-15-10-8-11-16-25/h8,10-11,15-16,18-24H,3-7,9,12-14,17H2,1-2H3. The maximum atomic E-state index is 14.9. The molecule has 0 heterocycles. The summed E-state index contributed by atoms with van der Waals surface area (Å²) < 4.78 is 29.7. The minimum Gasteiger partial charge on any atom is -0.203 e. The molecule has 0 saturated heterocycles. The van der Waals surface area contributed by atoms with Gasteiger partial charge in [0.1, 0.15) is 0 Å². The zero-order valence-electron chi connectivity index (χ0n) is 20.3. The van der Waals surface area contributed by atoms with Crippen molar-refractivity contribution in [3.63, 3.8) is 0 Å². The third kappa shape index (κ3) is 7.52. The molecular formula is C31H38F2. The van der Waals surface area contributed by atoms with E-state index in [-0.39, 0.29) is 0 Å². The number of unbranched alkanes of at least 4 members (excludes halogenated alkanes) is 5. The first kappa shape index (κ1) is 25.1. The predicted molar refractivity (Wildman–Crippen MR) is 137 cm³/mol. The van der Waals surface area contributed by atoms with Crippen LogP contribution < -0.4 is 0 Å². The average molecular weight is 449 g/mol. The maximum absolute atomic E-state index is 14.9. The van der Waals surface area contributed by atoms with Crippen LogP contribution in [0.4, 0.5) is 8.78 Å². The Morgan fingerprint density at radius 2 is 1.21 bits per heavy atom. The highest BCUT2D eigenvalue weighted by atomic mass is 19.2. The lowest BCUT2D eigenvalue weighted by Crippen LogP contribution is -2.00. The van der Waals surface area contributed by atoms with Crippen molar-refractivity contribution < 1.29 is 8.78 Å². The van der Waals surface area contributed by atoms with Gasteiger partial charge in [0.15, 0.2) is 11.6 Å². The normalized spacial score (nSPS) is 12.1. The molecule has 0 fully saturated rings. The summed E-state index contributed by atoms with van der Waals surface area (Å²) in [5.74, 6) is -0.783. The van der Waals surface area contributed by atoms with Crippen LogP contribution >= 0.6 is 0 Å². The van der Waals surface area contributed by atoms with E-state index < -0.39 is 11.6 Å². The minimum atomic E-state index is -0.736. The summed E-state index contributed by atoms with van der Waals surface area (Å²) in [4.78, 5) is 0. The molecule has 0 aliphatic heterocycles. The highest BCUT2D eigenvalue weighted by molar-refractivity contribution is 5.71. The monoisotopic (exact) mass is 448 g/mol. The summed E-state index contributed by atoms with van der Waals surface area (Å²) in [6, 6.07) is 21.2. The number of aryl methyl sites for hydroxylation is 1. The Balaban J connectivity index is 1.52. The van der Waals surface area contributed by atoms with E-state index in [0.717, 1.165) is 24.0 Å². The topological polar surface area (TPSA) is 0 Å². The number of rotatable bonds is 13. The van der Waals surface area contributed by atoms with Gasteiger partial charge in [-0.3, -0.25) is 0 Å². The fourth-order valence-electron chi connectivity index (χ4n) is 4.54. The lowest BCUT2D eigenvalue weighted by molar-refractivity contribution is 0.439. The molecule has 0 saturated carbocycles. The second-order valence-corrected chi connectivity index (χ2v) is 9.40. The van der Waals surface area contributed by atoms with Crippen molar-refractivity contribution in [1.29, 1.82) is 0 Å². The van der Waals surface area contributed by atoms with Gasteiger partial charge in [0.05, 0.1) is 0 Å². The highest BCUT2D eigenvalue weighted by Gasteiger charge is 2.15. The number of hydrogen-bond donors (Lipinski definition) is 0. The molecule has 2 heteroatoms. The van der Waals surface area contributed by atoms with Crippen molar-refractivity contribution in [1.82, 2.24) is 0 Å². The molecule has 176 valence electrons. The Bertz CT molecular complexity index is 960. The second-order valence-electron chi connectivity index (χ2n) is 9.40. The molecule has 3 rings (SSSR count). The van der Waals surface area contributed by atoms with E-state index in [1.165, 1.54) is 44.9 Å². The molecule has 0 bridgehead atoms. The van der Waals surface area contributed by atoms with Gasteiger partial charge >= 0.3 is 0 Å². The average Bonchev–Trinajstić information content (AvgIpc) is 2.85. The molecule has 0 spiro atoms. The molecule has 3 aromatic carbocycles. The largest absolute Gasteiger partial charge is 0.203 e. The first-order chi connectivity index (χ1) is 16.1. The quantitative estimate of drug-likeness (QED) is 0.228. The van der Waals surface area contributed by atoms with E-state index in [1.54, 1.807) is 12.1 Å². The first-order valence-corrected chi connectivity index (χ1v) is 12.7. The van der Waals surface area contributed by atoms with E-state index in [0.29, 0.717) is 29.0 Å². The Kier molecular flexibility index (Phi) is 10.1. The smallest absolute Gasteiger partial charge is 0.166 e. The van der Waals surface area contributed by atoms with Crippen LogP contribution in [-0.2, 0) is 6.42 Å². The lowest BCUT2D eigenvalue weighted by atomic mass is 9.94. The summed E-state index contributed by atoms with van der Waals surface area (Å²) in [7, 11) is 0. The number of halogens is 2. The zero-order valence-corrected chi connectivity index (χ0v) is 20.3. The van der Waals surface area contributed by atoms with Gasteiger partial charge in [0.25, 0.3) is 0 Å². The molecule has 33 heavy (non-hydrogen) atoms. The zero-order chi connectivity index (χ0) is 23.5. The summed E-state index contributed by atoms with van der Waals surface area (Å²) in [5.41, 5.74) is 3.69. The lowest BCUT2D eigenvalue weighted by Gasteiger charge is -2.13. The van der Waals surface area contributed by atoms with Crippen molar-refractivity contribution in [2.24, 2.45) is 5.92 Å². The molecule has 0 nitrogen and oxygen atoms in total. The summed E-state index contributed by atoms with van der Waals surface area (Å²) in [5, 5.41) is 0. The van der Waals surface area contributed by atoms with E-state index in [2.05, 4.69) is 13.8 Å². The third-order valence-corrected chi connectivity index (χ3v) is 6.66. The Labute approximate surface area is 199 Å². The molecule has 3 aromatic rings. The van der Waals surface area contributed by atoms with Gasteiger partial charge < -0.3 is 0 Å². The van der Waals surface area contributed by atoms with Crippen LogP contribution in [0.2, 0.25) is 0 Å². The molecule has 0 aromatic heterocycles. The number of hydrogen-bond acceptors (Lipinski definition) is 0. The van der Waals surface area contributed by atoms with E-state index in [4.69, 9.17) is 0 Å². The molecule has 0 aliphatic rings. The molecule has 0 amide bonds. The fraction of sp³-hybridized carbons (Fsp3) is 0.419. The molecular weight excluding hydrogens is 410 g/mol. The van der Waals surface area contributed by atoms with E-state index in [9.17, 15) is 8.78 Å². The van der Waals surface area contributed by atoms with Crippen LogP contribution in [0.5, 0.6) is 0 Å². The first-order valence-electron chi connectivity index (χ1n) is 12.7. The van der Waals surface area contributed by atoms with Crippen molar-refractivity contribution in [3.8, 4) is 22.3 Å². The Morgan fingerprint density at radius 3 is 1.94 bits per heavy atom. The van der Waals surface area contributed by atoms with E-state index in [1.807, 2.05) is 54.6 Å². The van der Waals surface area contributed by atoms with Crippen LogP contribution in [0.15, 0.2) is 66.7 Å². The van der Waals surface area contributed by atoms with Gasteiger partial charge in [-0.25, -0.2) is 8.78 Å². The molecule has 0 N–H and O–H groups in total. The molecule has 1 atom stereocenters. The predicted octanol–water partition coefficient (Wildman–Crippen LogP) is 10.0. The second kappa shape index (κ2) is 13.3. The van der Waals surface area contributed by atoms with Crippen LogP contribution in [0.3, 0.4) is 0 Å². The Morgan fingerprint density at radius 1 is 0.606 bits per heavy atom. The van der Waals surface area contributed by atoms with Gasteiger partial charge in [-0.05, 0) is 41.0 Å². The van der Waals surface area contributed by atoms with Crippen LogP contribution in [0.25, 0.3) is 22.3 Å². The van der Waals surface area contributed by atoms with Crippen molar-refractivity contribution in [2.75, 3.05) is 0 Å². The molecule has 1 unspecified atom stereocenters. The minimum absolute atomic E-state index is 0.326. The Hall–Kier alpha value is -2.48. The van der Waals surface area contributed by atoms with Gasteiger partial charge in [-0.2, -0.15) is 0 Å². The third-order valence-electron chi connectivity index (χ3n) is 6.66. The number of benzene rings is 3. The van der Waals surface area contributed by atoms with Crippen LogP contribution in [0.1, 0.15) is 77.2 Å². The fourth-order valence-corrected chi connectivity index (χ4v) is 4.54. The van der Waals surface area contributed by atoms with Gasteiger partial charge in [0.2, 0.25) is 0 Å². The van der Waals surface area contributed by atoms with Crippen molar-refractivity contribution >= 4 is 0 Å². The summed E-state index contributed by atoms with van der Waals surface area (Å²) in [6.07, 6.45) is 11.7. The van der Waals surface area contributed by atoms with Gasteiger partial charge in [-0.1, -0.05) is 132 Å². The van der Waals surface area contributed by atoms with Crippen LogP contribution in [0, 0.1) is 17.6 Å². The SMILES string of the molecule is CCCCCCCCC(C)CCCc1ccc(-c2ccc(-c3ccccc3)cc2)c(F)c1F. The van der Waals surface area contributed by atoms with Gasteiger partial charge in [0, 0.05) is 5.56 Å². The van der Waals surface area contributed by atoms with E-state index >= 15 is 0 Å². The highest BCUT2D eigenvalue weighted by Crippen LogP contribution is 2.29. The molecule has 0 radical (unpaired) electrons.